The van der Waals surface area contributed by atoms with Crippen molar-refractivity contribution in [2.45, 2.75) is 19.3 Å². The Hall–Kier alpha value is -1.92. The average molecular weight is 290 g/mol. The predicted octanol–water partition coefficient (Wildman–Crippen LogP) is 2.14. The topological polar surface area (TPSA) is 80.0 Å². The second-order valence-electron chi connectivity index (χ2n) is 5.12. The number of nitrogens with two attached hydrogens (primary N) is 1. The third-order valence-electron chi connectivity index (χ3n) is 3.05. The molecule has 0 radical (unpaired) electrons. The van der Waals surface area contributed by atoms with Gasteiger partial charge in [0, 0.05) is 23.0 Å². The Bertz CT molecular complexity index is 563. The van der Waals surface area contributed by atoms with Crippen LogP contribution in [-0.4, -0.2) is 17.4 Å². The lowest BCUT2D eigenvalue weighted by Gasteiger charge is -2.23. The maximum absolute atomic E-state index is 12.1. The summed E-state index contributed by atoms with van der Waals surface area (Å²) in [4.78, 5) is 17.3. The molecule has 2 rings (SSSR count). The monoisotopic (exact) mass is 290 g/mol. The number of carbonyl (C=O) groups is 1. The van der Waals surface area contributed by atoms with Gasteiger partial charge in [-0.3, -0.25) is 4.79 Å². The number of carbonyl (C=O) groups excluding carboxylic acids is 1. The highest BCUT2D eigenvalue weighted by Crippen LogP contribution is 2.26. The standard InChI is InChI=1S/C14H18N4OS/c1-14(2,11-4-3-7-20-11)9-17-13(19)10-5-6-12(18-15)16-8-10/h3-8H,9,15H2,1-2H3,(H,16,18)(H,17,19). The molecule has 0 unspecified atom stereocenters. The number of thiophene rings is 1. The van der Waals surface area contributed by atoms with Gasteiger partial charge in [-0.2, -0.15) is 0 Å². The summed E-state index contributed by atoms with van der Waals surface area (Å²) < 4.78 is 0. The first-order valence-corrected chi connectivity index (χ1v) is 7.16. The lowest BCUT2D eigenvalue weighted by molar-refractivity contribution is 0.0945. The summed E-state index contributed by atoms with van der Waals surface area (Å²) in [5, 5.41) is 4.98. The van der Waals surface area contributed by atoms with Gasteiger partial charge in [-0.15, -0.1) is 11.3 Å². The summed E-state index contributed by atoms with van der Waals surface area (Å²) in [5.74, 6) is 5.63. The molecular formula is C14H18N4OS. The molecule has 0 bridgehead atoms. The van der Waals surface area contributed by atoms with E-state index in [-0.39, 0.29) is 11.3 Å². The van der Waals surface area contributed by atoms with Crippen LogP contribution in [0.1, 0.15) is 29.1 Å². The van der Waals surface area contributed by atoms with Crippen molar-refractivity contribution in [2.75, 3.05) is 12.0 Å². The van der Waals surface area contributed by atoms with Gasteiger partial charge in [0.1, 0.15) is 5.82 Å². The van der Waals surface area contributed by atoms with Crippen molar-refractivity contribution in [1.29, 1.82) is 0 Å². The van der Waals surface area contributed by atoms with Crippen LogP contribution in [0.15, 0.2) is 35.8 Å². The molecule has 0 spiro atoms. The molecular weight excluding hydrogens is 272 g/mol. The molecule has 1 amide bonds. The van der Waals surface area contributed by atoms with E-state index in [0.29, 0.717) is 17.9 Å². The van der Waals surface area contributed by atoms with Crippen LogP contribution in [0.5, 0.6) is 0 Å². The number of amides is 1. The molecule has 0 aromatic carbocycles. The number of nitrogens with zero attached hydrogens (tertiary/aromatic N) is 1. The Morgan fingerprint density at radius 2 is 2.20 bits per heavy atom. The molecule has 0 saturated heterocycles. The lowest BCUT2D eigenvalue weighted by atomic mass is 9.91. The molecule has 0 aliphatic carbocycles. The first-order valence-electron chi connectivity index (χ1n) is 6.28. The van der Waals surface area contributed by atoms with Crippen molar-refractivity contribution < 1.29 is 4.79 Å². The Kier molecular flexibility index (Phi) is 4.36. The Morgan fingerprint density at radius 1 is 1.40 bits per heavy atom. The third-order valence-corrected chi connectivity index (χ3v) is 4.29. The Morgan fingerprint density at radius 3 is 2.75 bits per heavy atom. The number of rotatable bonds is 5. The van der Waals surface area contributed by atoms with Crippen molar-refractivity contribution in [2.24, 2.45) is 5.84 Å². The summed E-state index contributed by atoms with van der Waals surface area (Å²) in [6, 6.07) is 7.46. The molecule has 0 aliphatic rings. The van der Waals surface area contributed by atoms with Gasteiger partial charge in [0.25, 0.3) is 5.91 Å². The van der Waals surface area contributed by atoms with E-state index >= 15 is 0 Å². The van der Waals surface area contributed by atoms with E-state index in [2.05, 4.69) is 35.6 Å². The molecule has 4 N–H and O–H groups in total. The third kappa shape index (κ3) is 3.34. The number of nitrogens with one attached hydrogen (secondary N) is 2. The zero-order chi connectivity index (χ0) is 14.6. The smallest absolute Gasteiger partial charge is 0.252 e. The normalized spacial score (nSPS) is 11.2. The van der Waals surface area contributed by atoms with Crippen LogP contribution in [0, 0.1) is 0 Å². The maximum atomic E-state index is 12.1. The molecule has 2 aromatic rings. The maximum Gasteiger partial charge on any atom is 0.252 e. The predicted molar refractivity (Wildman–Crippen MR) is 81.7 cm³/mol. The molecule has 2 aromatic heterocycles. The summed E-state index contributed by atoms with van der Waals surface area (Å²) in [6.45, 7) is 4.79. The molecule has 0 atom stereocenters. The van der Waals surface area contributed by atoms with E-state index < -0.39 is 0 Å². The van der Waals surface area contributed by atoms with Crippen molar-refractivity contribution in [3.05, 3.63) is 46.3 Å². The lowest BCUT2D eigenvalue weighted by Crippen LogP contribution is -2.36. The van der Waals surface area contributed by atoms with Gasteiger partial charge in [0.05, 0.1) is 5.56 Å². The van der Waals surface area contributed by atoms with Gasteiger partial charge in [0.2, 0.25) is 0 Å². The van der Waals surface area contributed by atoms with Gasteiger partial charge >= 0.3 is 0 Å². The minimum atomic E-state index is -0.134. The second-order valence-corrected chi connectivity index (χ2v) is 6.07. The summed E-state index contributed by atoms with van der Waals surface area (Å²) in [5.41, 5.74) is 2.86. The first-order chi connectivity index (χ1) is 9.53. The molecule has 0 fully saturated rings. The summed E-state index contributed by atoms with van der Waals surface area (Å²) in [6.07, 6.45) is 1.50. The van der Waals surface area contributed by atoms with E-state index in [1.165, 1.54) is 11.1 Å². The van der Waals surface area contributed by atoms with Crippen LogP contribution in [0.4, 0.5) is 5.82 Å². The fourth-order valence-corrected chi connectivity index (χ4v) is 2.62. The number of hydrazine groups is 1. The van der Waals surface area contributed by atoms with Gasteiger partial charge in [-0.25, -0.2) is 10.8 Å². The highest BCUT2D eigenvalue weighted by molar-refractivity contribution is 7.10. The fraction of sp³-hybridized carbons (Fsp3) is 0.286. The quantitative estimate of drug-likeness (QED) is 0.582. The Labute approximate surface area is 122 Å². The van der Waals surface area contributed by atoms with Crippen LogP contribution in [0.25, 0.3) is 0 Å². The van der Waals surface area contributed by atoms with Crippen LogP contribution < -0.4 is 16.6 Å². The molecule has 106 valence electrons. The van der Waals surface area contributed by atoms with Crippen molar-refractivity contribution in [3.8, 4) is 0 Å². The number of pyridine rings is 1. The van der Waals surface area contributed by atoms with Gasteiger partial charge < -0.3 is 10.7 Å². The van der Waals surface area contributed by atoms with Crippen molar-refractivity contribution in [3.63, 3.8) is 0 Å². The van der Waals surface area contributed by atoms with Gasteiger partial charge in [-0.1, -0.05) is 19.9 Å². The van der Waals surface area contributed by atoms with Crippen molar-refractivity contribution >= 4 is 23.1 Å². The summed E-state index contributed by atoms with van der Waals surface area (Å²) in [7, 11) is 0. The van der Waals surface area contributed by atoms with E-state index in [4.69, 9.17) is 5.84 Å². The molecule has 5 nitrogen and oxygen atoms in total. The number of aromatic nitrogens is 1. The molecule has 2 heterocycles. The van der Waals surface area contributed by atoms with E-state index in [9.17, 15) is 4.79 Å². The number of nitrogen functional groups attached to an aromatic ring is 1. The summed E-state index contributed by atoms with van der Waals surface area (Å²) >= 11 is 1.70. The number of anilines is 1. The van der Waals surface area contributed by atoms with Crippen LogP contribution >= 0.6 is 11.3 Å². The van der Waals surface area contributed by atoms with Crippen LogP contribution in [0.3, 0.4) is 0 Å². The van der Waals surface area contributed by atoms with E-state index in [1.54, 1.807) is 23.5 Å². The SMILES string of the molecule is CC(C)(CNC(=O)c1ccc(NN)nc1)c1cccs1. The zero-order valence-electron chi connectivity index (χ0n) is 11.5. The molecule has 0 saturated carbocycles. The van der Waals surface area contributed by atoms with Crippen LogP contribution in [0.2, 0.25) is 0 Å². The minimum Gasteiger partial charge on any atom is -0.351 e. The fourth-order valence-electron chi connectivity index (χ4n) is 1.77. The second kappa shape index (κ2) is 6.02. The molecule has 6 heteroatoms. The van der Waals surface area contributed by atoms with Crippen molar-refractivity contribution in [1.82, 2.24) is 10.3 Å². The van der Waals surface area contributed by atoms with E-state index in [0.717, 1.165) is 0 Å². The highest BCUT2D eigenvalue weighted by atomic mass is 32.1. The number of hydrogen-bond acceptors (Lipinski definition) is 5. The average Bonchev–Trinajstić information content (AvgIpc) is 3.00. The zero-order valence-corrected chi connectivity index (χ0v) is 12.3. The highest BCUT2D eigenvalue weighted by Gasteiger charge is 2.22. The molecule has 20 heavy (non-hydrogen) atoms. The van der Waals surface area contributed by atoms with E-state index in [1.807, 2.05) is 11.4 Å². The van der Waals surface area contributed by atoms with Gasteiger partial charge in [-0.05, 0) is 23.6 Å². The molecule has 0 aliphatic heterocycles. The number of hydrogen-bond donors (Lipinski definition) is 3. The Balaban J connectivity index is 1.98. The van der Waals surface area contributed by atoms with Gasteiger partial charge in [0.15, 0.2) is 0 Å². The minimum absolute atomic E-state index is 0.0873. The first kappa shape index (κ1) is 14.5. The van der Waals surface area contributed by atoms with Crippen LogP contribution in [-0.2, 0) is 5.41 Å². The largest absolute Gasteiger partial charge is 0.351 e.